The Balaban J connectivity index is 3.95. The number of aliphatic hydroxyl groups is 1. The normalized spacial score (nSPS) is 11.2. The Hall–Kier alpha value is -0.770. The highest BCUT2D eigenvalue weighted by molar-refractivity contribution is 5.74. The van der Waals surface area contributed by atoms with Crippen LogP contribution in [0, 0.1) is 5.41 Å². The molecule has 0 saturated heterocycles. The van der Waals surface area contributed by atoms with Crippen LogP contribution in [-0.2, 0) is 0 Å². The summed E-state index contributed by atoms with van der Waals surface area (Å²) < 4.78 is 0. The van der Waals surface area contributed by atoms with E-state index in [2.05, 4.69) is 5.32 Å². The average Bonchev–Trinajstić information content (AvgIpc) is 2.17. The fraction of sp³-hybridized carbons (Fsp3) is 0.900. The molecule has 0 aromatic heterocycles. The van der Waals surface area contributed by atoms with Gasteiger partial charge in [0.05, 0.1) is 0 Å². The molecule has 14 heavy (non-hydrogen) atoms. The minimum atomic E-state index is -0.247. The molecule has 84 valence electrons. The first-order valence-electron chi connectivity index (χ1n) is 5.10. The summed E-state index contributed by atoms with van der Waals surface area (Å²) >= 11 is 0. The molecule has 0 aliphatic rings. The number of urea groups is 1. The van der Waals surface area contributed by atoms with Crippen molar-refractivity contribution < 1.29 is 9.90 Å². The maximum Gasteiger partial charge on any atom is 0.317 e. The molecule has 0 rings (SSSR count). The molecule has 4 nitrogen and oxygen atoms in total. The van der Waals surface area contributed by atoms with Crippen molar-refractivity contribution in [2.24, 2.45) is 5.41 Å². The van der Waals surface area contributed by atoms with Crippen molar-refractivity contribution in [3.8, 4) is 0 Å². The van der Waals surface area contributed by atoms with Gasteiger partial charge in [0.1, 0.15) is 0 Å². The van der Waals surface area contributed by atoms with Crippen molar-refractivity contribution in [3.05, 3.63) is 0 Å². The van der Waals surface area contributed by atoms with Crippen LogP contribution in [0.4, 0.5) is 4.79 Å². The van der Waals surface area contributed by atoms with E-state index in [0.717, 1.165) is 0 Å². The standard InChI is InChI=1S/C10H22N2O2/c1-5-12(6-2)9(14)11-7-10(3,4)8-13/h13H,5-8H2,1-4H3,(H,11,14). The number of nitrogens with one attached hydrogen (secondary N) is 1. The van der Waals surface area contributed by atoms with Gasteiger partial charge in [0.2, 0.25) is 0 Å². The van der Waals surface area contributed by atoms with Gasteiger partial charge in [0.25, 0.3) is 0 Å². The minimum absolute atomic E-state index is 0.0588. The molecule has 0 fully saturated rings. The number of nitrogens with zero attached hydrogens (tertiary/aromatic N) is 1. The van der Waals surface area contributed by atoms with E-state index < -0.39 is 0 Å². The zero-order valence-electron chi connectivity index (χ0n) is 9.63. The van der Waals surface area contributed by atoms with E-state index in [1.807, 2.05) is 27.7 Å². The number of amides is 2. The Morgan fingerprint density at radius 1 is 1.36 bits per heavy atom. The van der Waals surface area contributed by atoms with Crippen LogP contribution < -0.4 is 5.32 Å². The molecule has 0 bridgehead atoms. The van der Waals surface area contributed by atoms with E-state index in [9.17, 15) is 4.79 Å². The third kappa shape index (κ3) is 4.46. The minimum Gasteiger partial charge on any atom is -0.396 e. The summed E-state index contributed by atoms with van der Waals surface area (Å²) in [6, 6.07) is -0.0588. The number of aliphatic hydroxyl groups excluding tert-OH is 1. The first kappa shape index (κ1) is 13.2. The lowest BCUT2D eigenvalue weighted by Gasteiger charge is -2.25. The van der Waals surface area contributed by atoms with Crippen LogP contribution in [0.1, 0.15) is 27.7 Å². The Labute approximate surface area is 86.3 Å². The number of carbonyl (C=O) groups excluding carboxylic acids is 1. The van der Waals surface area contributed by atoms with Crippen molar-refractivity contribution in [2.45, 2.75) is 27.7 Å². The summed E-state index contributed by atoms with van der Waals surface area (Å²) in [5.74, 6) is 0. The van der Waals surface area contributed by atoms with Crippen LogP contribution in [-0.4, -0.2) is 42.3 Å². The zero-order valence-corrected chi connectivity index (χ0v) is 9.63. The van der Waals surface area contributed by atoms with Gasteiger partial charge in [0.15, 0.2) is 0 Å². The van der Waals surface area contributed by atoms with Crippen LogP contribution in [0.25, 0.3) is 0 Å². The molecule has 0 saturated carbocycles. The summed E-state index contributed by atoms with van der Waals surface area (Å²) in [6.45, 7) is 9.71. The van der Waals surface area contributed by atoms with Crippen molar-refractivity contribution in [2.75, 3.05) is 26.2 Å². The predicted octanol–water partition coefficient (Wildman–Crippen LogP) is 1.06. The van der Waals surface area contributed by atoms with Gasteiger partial charge in [-0.05, 0) is 13.8 Å². The van der Waals surface area contributed by atoms with Gasteiger partial charge in [-0.3, -0.25) is 0 Å². The molecule has 0 aromatic rings. The first-order chi connectivity index (χ1) is 6.46. The highest BCUT2D eigenvalue weighted by Crippen LogP contribution is 2.11. The molecular formula is C10H22N2O2. The number of carbonyl (C=O) groups is 1. The molecule has 0 aromatic carbocycles. The Bertz CT molecular complexity index is 177. The van der Waals surface area contributed by atoms with Crippen LogP contribution in [0.5, 0.6) is 0 Å². The van der Waals surface area contributed by atoms with Crippen LogP contribution in [0.2, 0.25) is 0 Å². The first-order valence-corrected chi connectivity index (χ1v) is 5.10. The molecule has 0 atom stereocenters. The van der Waals surface area contributed by atoms with Crippen molar-refractivity contribution >= 4 is 6.03 Å². The fourth-order valence-electron chi connectivity index (χ4n) is 0.993. The lowest BCUT2D eigenvalue weighted by molar-refractivity contribution is 0.151. The molecule has 0 aliphatic heterocycles. The average molecular weight is 202 g/mol. The molecule has 0 spiro atoms. The summed E-state index contributed by atoms with van der Waals surface area (Å²) in [6.07, 6.45) is 0. The molecule has 0 unspecified atom stereocenters. The maximum absolute atomic E-state index is 11.5. The van der Waals surface area contributed by atoms with E-state index in [1.54, 1.807) is 4.90 Å². The van der Waals surface area contributed by atoms with Gasteiger partial charge in [-0.1, -0.05) is 13.8 Å². The van der Waals surface area contributed by atoms with Crippen molar-refractivity contribution in [1.82, 2.24) is 10.2 Å². The molecular weight excluding hydrogens is 180 g/mol. The number of rotatable bonds is 5. The van der Waals surface area contributed by atoms with Crippen LogP contribution >= 0.6 is 0 Å². The van der Waals surface area contributed by atoms with Crippen LogP contribution in [0.15, 0.2) is 0 Å². The summed E-state index contributed by atoms with van der Waals surface area (Å²) in [7, 11) is 0. The zero-order chi connectivity index (χ0) is 11.2. The molecule has 4 heteroatoms. The highest BCUT2D eigenvalue weighted by Gasteiger charge is 2.18. The third-order valence-corrected chi connectivity index (χ3v) is 2.20. The van der Waals surface area contributed by atoms with E-state index in [1.165, 1.54) is 0 Å². The second kappa shape index (κ2) is 5.86. The summed E-state index contributed by atoms with van der Waals surface area (Å²) in [5, 5.41) is 11.8. The van der Waals surface area contributed by atoms with E-state index in [0.29, 0.717) is 19.6 Å². The fourth-order valence-corrected chi connectivity index (χ4v) is 0.993. The monoisotopic (exact) mass is 202 g/mol. The van der Waals surface area contributed by atoms with Crippen molar-refractivity contribution in [3.63, 3.8) is 0 Å². The van der Waals surface area contributed by atoms with Gasteiger partial charge in [-0.2, -0.15) is 0 Å². The molecule has 2 amide bonds. The third-order valence-electron chi connectivity index (χ3n) is 2.20. The lowest BCUT2D eigenvalue weighted by Crippen LogP contribution is -2.44. The maximum atomic E-state index is 11.5. The van der Waals surface area contributed by atoms with Gasteiger partial charge < -0.3 is 15.3 Å². The van der Waals surface area contributed by atoms with Crippen LogP contribution in [0.3, 0.4) is 0 Å². The second-order valence-corrected chi connectivity index (χ2v) is 4.15. The Kier molecular flexibility index (Phi) is 5.53. The molecule has 2 N–H and O–H groups in total. The quantitative estimate of drug-likeness (QED) is 0.700. The Morgan fingerprint density at radius 3 is 2.21 bits per heavy atom. The predicted molar refractivity (Wildman–Crippen MR) is 57.2 cm³/mol. The van der Waals surface area contributed by atoms with E-state index in [-0.39, 0.29) is 18.1 Å². The number of hydrogen-bond acceptors (Lipinski definition) is 2. The van der Waals surface area contributed by atoms with E-state index in [4.69, 9.17) is 5.11 Å². The summed E-state index contributed by atoms with van der Waals surface area (Å²) in [4.78, 5) is 13.2. The molecule has 0 aliphatic carbocycles. The van der Waals surface area contributed by atoms with Gasteiger partial charge in [-0.15, -0.1) is 0 Å². The molecule has 0 radical (unpaired) electrons. The Morgan fingerprint density at radius 2 is 1.86 bits per heavy atom. The topological polar surface area (TPSA) is 52.6 Å². The second-order valence-electron chi connectivity index (χ2n) is 4.15. The largest absolute Gasteiger partial charge is 0.396 e. The number of hydrogen-bond donors (Lipinski definition) is 2. The lowest BCUT2D eigenvalue weighted by atomic mass is 9.95. The van der Waals surface area contributed by atoms with Crippen molar-refractivity contribution in [1.29, 1.82) is 0 Å². The van der Waals surface area contributed by atoms with Gasteiger partial charge >= 0.3 is 6.03 Å². The molecule has 0 heterocycles. The van der Waals surface area contributed by atoms with E-state index >= 15 is 0 Å². The van der Waals surface area contributed by atoms with Gasteiger partial charge in [0, 0.05) is 31.7 Å². The SMILES string of the molecule is CCN(CC)C(=O)NCC(C)(C)CO. The summed E-state index contributed by atoms with van der Waals surface area (Å²) in [5.41, 5.74) is -0.247. The smallest absolute Gasteiger partial charge is 0.317 e. The van der Waals surface area contributed by atoms with Gasteiger partial charge in [-0.25, -0.2) is 4.79 Å². The highest BCUT2D eigenvalue weighted by atomic mass is 16.3.